The van der Waals surface area contributed by atoms with Crippen LogP contribution in [0.5, 0.6) is 0 Å². The number of allylic oxidation sites excluding steroid dienone is 3. The first-order chi connectivity index (χ1) is 10.6. The van der Waals surface area contributed by atoms with E-state index in [1.807, 2.05) is 42.5 Å². The first-order valence-electron chi connectivity index (χ1n) is 7.11. The van der Waals surface area contributed by atoms with Gasteiger partial charge in [0.2, 0.25) is 0 Å². The maximum atomic E-state index is 6.08. The minimum absolute atomic E-state index is 0.0313. The first-order valence-corrected chi connectivity index (χ1v) is 8.33. The molecule has 1 atom stereocenters. The first kappa shape index (κ1) is 15.7. The van der Waals surface area contributed by atoms with Gasteiger partial charge in [-0.15, -0.1) is 11.6 Å². The van der Waals surface area contributed by atoms with Crippen molar-refractivity contribution in [1.82, 2.24) is 4.90 Å². The van der Waals surface area contributed by atoms with Gasteiger partial charge in [0.1, 0.15) is 11.9 Å². The molecule has 1 unspecified atom stereocenters. The van der Waals surface area contributed by atoms with Crippen molar-refractivity contribution in [3.05, 3.63) is 53.3 Å². The van der Waals surface area contributed by atoms with Gasteiger partial charge in [-0.3, -0.25) is 0 Å². The van der Waals surface area contributed by atoms with E-state index in [-0.39, 0.29) is 11.5 Å². The molecule has 6 heteroatoms. The Morgan fingerprint density at radius 1 is 1.27 bits per heavy atom. The zero-order valence-corrected chi connectivity index (χ0v) is 14.2. The van der Waals surface area contributed by atoms with E-state index in [4.69, 9.17) is 40.2 Å². The summed E-state index contributed by atoms with van der Waals surface area (Å²) in [5.74, 6) is 0.854. The summed E-state index contributed by atoms with van der Waals surface area (Å²) in [6, 6.07) is 7.47. The standard InChI is InChI=1S/C16H16Cl2N2OS/c17-11-4-6-13(7-5-11)19-16(22)20-9-15(10-20)21-14-3-1-2-12(18)8-14/h1,3-8,12,15H,2,9-10H2,(H,19,22). The van der Waals surface area contributed by atoms with Crippen LogP contribution in [0.1, 0.15) is 6.42 Å². The van der Waals surface area contributed by atoms with E-state index in [2.05, 4.69) is 10.2 Å². The third kappa shape index (κ3) is 3.94. The second-order valence-electron chi connectivity index (χ2n) is 5.30. The number of nitrogens with zero attached hydrogens (tertiary/aromatic N) is 1. The molecule has 0 spiro atoms. The number of benzene rings is 1. The number of anilines is 1. The number of nitrogens with one attached hydrogen (secondary N) is 1. The SMILES string of the molecule is S=C(Nc1ccc(Cl)cc1)N1CC(OC2=CC(Cl)CC=C2)C1. The van der Waals surface area contributed by atoms with Crippen molar-refractivity contribution in [2.75, 3.05) is 18.4 Å². The van der Waals surface area contributed by atoms with E-state index in [9.17, 15) is 0 Å². The lowest BCUT2D eigenvalue weighted by atomic mass is 10.1. The van der Waals surface area contributed by atoms with E-state index in [0.29, 0.717) is 10.1 Å². The highest BCUT2D eigenvalue weighted by molar-refractivity contribution is 7.80. The van der Waals surface area contributed by atoms with Crippen LogP contribution in [0.2, 0.25) is 5.02 Å². The highest BCUT2D eigenvalue weighted by Gasteiger charge is 2.30. The molecule has 1 N–H and O–H groups in total. The summed E-state index contributed by atoms with van der Waals surface area (Å²) in [5, 5.41) is 4.64. The Balaban J connectivity index is 1.45. The molecule has 0 aromatic heterocycles. The van der Waals surface area contributed by atoms with Crippen LogP contribution in [0.15, 0.2) is 48.3 Å². The smallest absolute Gasteiger partial charge is 0.173 e. The molecular formula is C16H16Cl2N2OS. The summed E-state index contributed by atoms with van der Waals surface area (Å²) in [6.07, 6.45) is 6.99. The number of likely N-dealkylation sites (tertiary alicyclic amines) is 1. The van der Waals surface area contributed by atoms with Crippen molar-refractivity contribution >= 4 is 46.2 Å². The molecule has 3 rings (SSSR count). The van der Waals surface area contributed by atoms with Gasteiger partial charge in [0.05, 0.1) is 18.5 Å². The van der Waals surface area contributed by atoms with Crippen LogP contribution in [-0.2, 0) is 4.74 Å². The Kier molecular flexibility index (Phi) is 4.91. The maximum absolute atomic E-state index is 6.08. The number of halogens is 2. The second kappa shape index (κ2) is 6.90. The summed E-state index contributed by atoms with van der Waals surface area (Å²) >= 11 is 17.3. The van der Waals surface area contributed by atoms with Crippen LogP contribution < -0.4 is 5.32 Å². The van der Waals surface area contributed by atoms with Crippen molar-refractivity contribution < 1.29 is 4.74 Å². The van der Waals surface area contributed by atoms with E-state index in [0.717, 1.165) is 31.0 Å². The summed E-state index contributed by atoms with van der Waals surface area (Å²) in [4.78, 5) is 2.07. The average molecular weight is 355 g/mol. The molecule has 1 saturated heterocycles. The molecule has 0 radical (unpaired) electrons. The van der Waals surface area contributed by atoms with Gasteiger partial charge < -0.3 is 15.0 Å². The molecule has 0 amide bonds. The van der Waals surface area contributed by atoms with Gasteiger partial charge in [-0.05, 0) is 55.1 Å². The number of rotatable bonds is 3. The predicted octanol–water partition coefficient (Wildman–Crippen LogP) is 4.19. The van der Waals surface area contributed by atoms with Gasteiger partial charge in [-0.2, -0.15) is 0 Å². The summed E-state index contributed by atoms with van der Waals surface area (Å²) in [6.45, 7) is 1.55. The Hall–Kier alpha value is -1.23. The van der Waals surface area contributed by atoms with Crippen molar-refractivity contribution in [3.8, 4) is 0 Å². The van der Waals surface area contributed by atoms with Gasteiger partial charge in [-0.1, -0.05) is 17.7 Å². The molecule has 3 nitrogen and oxygen atoms in total. The Labute approximate surface area is 145 Å². The Morgan fingerprint density at radius 2 is 2.00 bits per heavy atom. The van der Waals surface area contributed by atoms with Crippen LogP contribution in [0.25, 0.3) is 0 Å². The predicted molar refractivity (Wildman–Crippen MR) is 95.6 cm³/mol. The fraction of sp³-hybridized carbons (Fsp3) is 0.312. The lowest BCUT2D eigenvalue weighted by Gasteiger charge is -2.41. The number of thiocarbonyl (C=S) groups is 1. The molecule has 1 aromatic carbocycles. The molecule has 0 saturated carbocycles. The van der Waals surface area contributed by atoms with E-state index in [1.54, 1.807) is 0 Å². The molecule has 22 heavy (non-hydrogen) atoms. The molecule has 1 fully saturated rings. The van der Waals surface area contributed by atoms with E-state index < -0.39 is 0 Å². The fourth-order valence-corrected chi connectivity index (χ4v) is 2.92. The van der Waals surface area contributed by atoms with Crippen LogP contribution in [0.3, 0.4) is 0 Å². The number of hydrogen-bond acceptors (Lipinski definition) is 2. The minimum Gasteiger partial charge on any atom is -0.487 e. The average Bonchev–Trinajstić information content (AvgIpc) is 2.45. The van der Waals surface area contributed by atoms with Crippen LogP contribution >= 0.6 is 35.4 Å². The molecule has 1 aliphatic heterocycles. The summed E-state index contributed by atoms with van der Waals surface area (Å²) in [5.41, 5.74) is 0.932. The molecular weight excluding hydrogens is 339 g/mol. The molecule has 116 valence electrons. The van der Waals surface area contributed by atoms with Crippen LogP contribution in [0.4, 0.5) is 5.69 Å². The molecule has 0 bridgehead atoms. The summed E-state index contributed by atoms with van der Waals surface area (Å²) < 4.78 is 5.89. The van der Waals surface area contributed by atoms with Crippen LogP contribution in [-0.4, -0.2) is 34.6 Å². The zero-order valence-electron chi connectivity index (χ0n) is 11.8. The Morgan fingerprint density at radius 3 is 2.68 bits per heavy atom. The third-order valence-electron chi connectivity index (χ3n) is 3.52. The van der Waals surface area contributed by atoms with Crippen LogP contribution in [0, 0.1) is 0 Å². The van der Waals surface area contributed by atoms with Crippen molar-refractivity contribution in [2.24, 2.45) is 0 Å². The summed E-state index contributed by atoms with van der Waals surface area (Å²) in [7, 11) is 0. The lowest BCUT2D eigenvalue weighted by molar-refractivity contribution is 0.0210. The monoisotopic (exact) mass is 354 g/mol. The third-order valence-corrected chi connectivity index (χ3v) is 4.44. The number of ether oxygens (including phenoxy) is 1. The Bertz CT molecular complexity index is 609. The van der Waals surface area contributed by atoms with Crippen molar-refractivity contribution in [1.29, 1.82) is 0 Å². The van der Waals surface area contributed by atoms with Gasteiger partial charge >= 0.3 is 0 Å². The highest BCUT2D eigenvalue weighted by Crippen LogP contribution is 2.22. The lowest BCUT2D eigenvalue weighted by Crippen LogP contribution is -2.55. The van der Waals surface area contributed by atoms with Crippen molar-refractivity contribution in [2.45, 2.75) is 17.9 Å². The topological polar surface area (TPSA) is 24.5 Å². The normalized spacial score (nSPS) is 21.1. The van der Waals surface area contributed by atoms with Gasteiger partial charge in [0, 0.05) is 10.7 Å². The van der Waals surface area contributed by atoms with Gasteiger partial charge in [0.25, 0.3) is 0 Å². The zero-order chi connectivity index (χ0) is 15.5. The van der Waals surface area contributed by atoms with Gasteiger partial charge in [-0.25, -0.2) is 0 Å². The molecule has 1 heterocycles. The maximum Gasteiger partial charge on any atom is 0.173 e. The number of alkyl halides is 1. The van der Waals surface area contributed by atoms with Gasteiger partial charge in [0.15, 0.2) is 5.11 Å². The molecule has 1 aliphatic carbocycles. The molecule has 2 aliphatic rings. The number of hydrogen-bond donors (Lipinski definition) is 1. The van der Waals surface area contributed by atoms with E-state index >= 15 is 0 Å². The minimum atomic E-state index is 0.0313. The second-order valence-corrected chi connectivity index (χ2v) is 6.69. The highest BCUT2D eigenvalue weighted by atomic mass is 35.5. The molecule has 1 aromatic rings. The quantitative estimate of drug-likeness (QED) is 0.649. The van der Waals surface area contributed by atoms with Crippen molar-refractivity contribution in [3.63, 3.8) is 0 Å². The largest absolute Gasteiger partial charge is 0.487 e. The van der Waals surface area contributed by atoms with E-state index in [1.165, 1.54) is 0 Å². The fourth-order valence-electron chi connectivity index (χ4n) is 2.30.